The summed E-state index contributed by atoms with van der Waals surface area (Å²) in [6.07, 6.45) is 4.03. The van der Waals surface area contributed by atoms with Gasteiger partial charge in [-0.05, 0) is 61.2 Å². The summed E-state index contributed by atoms with van der Waals surface area (Å²) in [4.78, 5) is 28.7. The number of rotatable bonds is 9. The summed E-state index contributed by atoms with van der Waals surface area (Å²) >= 11 is 3.36. The molecule has 3 aromatic rings. The van der Waals surface area contributed by atoms with Crippen molar-refractivity contribution < 1.29 is 22.7 Å². The molecule has 3 aromatic carbocycles. The lowest BCUT2D eigenvalue weighted by molar-refractivity contribution is -0.128. The maximum Gasteiger partial charge on any atom is 0.262 e. The van der Waals surface area contributed by atoms with Gasteiger partial charge in [0.25, 0.3) is 5.91 Å². The molecule has 41 heavy (non-hydrogen) atoms. The number of nitrogens with zero attached hydrogens (tertiary/aromatic N) is 2. The second-order valence-electron chi connectivity index (χ2n) is 10.4. The molecular weight excluding hydrogens is 606 g/mol. The Hall–Kier alpha value is -3.21. The first-order valence-electron chi connectivity index (χ1n) is 14.0. The normalized spacial score (nSPS) is 17.5. The number of amides is 2. The van der Waals surface area contributed by atoms with Crippen LogP contribution in [0.2, 0.25) is 0 Å². The number of carbonyl (C=O) groups is 2. The number of para-hydroxylation sites is 2. The third-order valence-corrected chi connectivity index (χ3v) is 10.1. The fraction of sp³-hybridized carbons (Fsp3) is 0.355. The quantitative estimate of drug-likeness (QED) is 0.358. The molecule has 2 aliphatic rings. The highest BCUT2D eigenvalue weighted by Crippen LogP contribution is 2.34. The van der Waals surface area contributed by atoms with Crippen molar-refractivity contribution in [2.75, 3.05) is 24.5 Å². The summed E-state index contributed by atoms with van der Waals surface area (Å²) in [5.74, 6) is -0.302. The Bertz CT molecular complexity index is 1460. The van der Waals surface area contributed by atoms with E-state index in [0.717, 1.165) is 29.3 Å². The second-order valence-corrected chi connectivity index (χ2v) is 13.2. The summed E-state index contributed by atoms with van der Waals surface area (Å²) < 4.78 is 35.9. The highest BCUT2D eigenvalue weighted by molar-refractivity contribution is 9.10. The molecule has 1 aliphatic heterocycles. The molecule has 1 heterocycles. The zero-order valence-corrected chi connectivity index (χ0v) is 25.1. The molecule has 5 rings (SSSR count). The van der Waals surface area contributed by atoms with Crippen LogP contribution in [0.5, 0.6) is 5.75 Å². The Kier molecular flexibility index (Phi) is 9.42. The lowest BCUT2D eigenvalue weighted by Gasteiger charge is -2.37. The van der Waals surface area contributed by atoms with E-state index in [1.165, 1.54) is 9.21 Å². The number of anilines is 1. The smallest absolute Gasteiger partial charge is 0.262 e. The lowest BCUT2D eigenvalue weighted by atomic mass is 9.95. The molecule has 0 radical (unpaired) electrons. The predicted octanol–water partition coefficient (Wildman–Crippen LogP) is 4.93. The molecule has 1 N–H and O–H groups in total. The third-order valence-electron chi connectivity index (χ3n) is 7.62. The molecule has 0 unspecified atom stereocenters. The number of nitrogens with one attached hydrogen (secondary N) is 1. The van der Waals surface area contributed by atoms with Crippen LogP contribution in [0, 0.1) is 0 Å². The molecule has 2 amide bonds. The number of hydrogen-bond donors (Lipinski definition) is 1. The molecule has 1 atom stereocenters. The number of carbonyl (C=O) groups excluding carboxylic acids is 2. The topological polar surface area (TPSA) is 96.0 Å². The highest BCUT2D eigenvalue weighted by Gasteiger charge is 2.38. The van der Waals surface area contributed by atoms with E-state index in [1.807, 2.05) is 30.3 Å². The van der Waals surface area contributed by atoms with Gasteiger partial charge in [0.1, 0.15) is 5.75 Å². The van der Waals surface area contributed by atoms with Gasteiger partial charge in [0.05, 0.1) is 23.7 Å². The maximum atomic E-state index is 13.9. The average Bonchev–Trinajstić information content (AvgIpc) is 3.00. The largest absolute Gasteiger partial charge is 0.477 e. The van der Waals surface area contributed by atoms with Crippen molar-refractivity contribution in [2.45, 2.75) is 55.6 Å². The Morgan fingerprint density at radius 1 is 0.927 bits per heavy atom. The van der Waals surface area contributed by atoms with Crippen LogP contribution in [-0.4, -0.2) is 56.3 Å². The first-order valence-corrected chi connectivity index (χ1v) is 16.2. The van der Waals surface area contributed by atoms with Crippen LogP contribution in [0.4, 0.5) is 5.69 Å². The van der Waals surface area contributed by atoms with Gasteiger partial charge in [-0.1, -0.05) is 77.7 Å². The van der Waals surface area contributed by atoms with Crippen LogP contribution >= 0.6 is 15.9 Å². The number of halogens is 1. The molecule has 1 saturated carbocycles. The van der Waals surface area contributed by atoms with Crippen molar-refractivity contribution in [3.8, 4) is 5.75 Å². The molecule has 216 valence electrons. The Labute approximate surface area is 249 Å². The van der Waals surface area contributed by atoms with Crippen LogP contribution in [0.25, 0.3) is 0 Å². The van der Waals surface area contributed by atoms with Gasteiger partial charge in [0, 0.05) is 17.1 Å². The van der Waals surface area contributed by atoms with Gasteiger partial charge in [-0.25, -0.2) is 8.42 Å². The molecule has 0 bridgehead atoms. The zero-order chi connectivity index (χ0) is 28.8. The Morgan fingerprint density at radius 3 is 2.34 bits per heavy atom. The Balaban J connectivity index is 1.35. The molecule has 0 saturated heterocycles. The lowest BCUT2D eigenvalue weighted by Crippen LogP contribution is -2.54. The number of ether oxygens (including phenoxy) is 1. The highest BCUT2D eigenvalue weighted by atomic mass is 79.9. The maximum absolute atomic E-state index is 13.9. The van der Waals surface area contributed by atoms with Crippen molar-refractivity contribution >= 4 is 43.5 Å². The second kappa shape index (κ2) is 13.2. The summed E-state index contributed by atoms with van der Waals surface area (Å²) in [5.41, 5.74) is 1.63. The molecule has 0 spiro atoms. The fourth-order valence-electron chi connectivity index (χ4n) is 5.44. The van der Waals surface area contributed by atoms with E-state index >= 15 is 0 Å². The van der Waals surface area contributed by atoms with Crippen molar-refractivity contribution in [3.63, 3.8) is 0 Å². The van der Waals surface area contributed by atoms with E-state index in [0.29, 0.717) is 37.2 Å². The number of fused-ring (bicyclic) bond motifs is 1. The van der Waals surface area contributed by atoms with E-state index in [2.05, 4.69) is 21.2 Å². The van der Waals surface area contributed by atoms with Crippen molar-refractivity contribution in [1.29, 1.82) is 0 Å². The first kappa shape index (κ1) is 29.3. The van der Waals surface area contributed by atoms with Crippen LogP contribution in [0.15, 0.2) is 88.2 Å². The van der Waals surface area contributed by atoms with Gasteiger partial charge in [-0.3, -0.25) is 9.59 Å². The van der Waals surface area contributed by atoms with Crippen molar-refractivity contribution in [1.82, 2.24) is 9.62 Å². The minimum Gasteiger partial charge on any atom is -0.477 e. The first-order chi connectivity index (χ1) is 19.8. The fourth-order valence-corrected chi connectivity index (χ4v) is 7.33. The summed E-state index contributed by atoms with van der Waals surface area (Å²) in [6, 6.07) is 23.1. The van der Waals surface area contributed by atoms with Crippen LogP contribution < -0.4 is 15.0 Å². The predicted molar refractivity (Wildman–Crippen MR) is 161 cm³/mol. The van der Waals surface area contributed by atoms with Gasteiger partial charge in [0.15, 0.2) is 6.10 Å². The van der Waals surface area contributed by atoms with Crippen LogP contribution in [0.1, 0.15) is 37.7 Å². The summed E-state index contributed by atoms with van der Waals surface area (Å²) in [7, 11) is -3.94. The zero-order valence-electron chi connectivity index (χ0n) is 22.7. The van der Waals surface area contributed by atoms with Crippen LogP contribution in [-0.2, 0) is 26.0 Å². The Morgan fingerprint density at radius 2 is 1.61 bits per heavy atom. The minimum absolute atomic E-state index is 0.0101. The number of sulfonamides is 1. The van der Waals surface area contributed by atoms with Crippen molar-refractivity contribution in [2.24, 2.45) is 0 Å². The monoisotopic (exact) mass is 639 g/mol. The van der Waals surface area contributed by atoms with E-state index in [9.17, 15) is 18.0 Å². The van der Waals surface area contributed by atoms with E-state index in [4.69, 9.17) is 4.74 Å². The van der Waals surface area contributed by atoms with Crippen molar-refractivity contribution in [3.05, 3.63) is 88.9 Å². The van der Waals surface area contributed by atoms with Gasteiger partial charge >= 0.3 is 0 Å². The molecular formula is C31H34BrN3O5S. The molecule has 0 aromatic heterocycles. The minimum atomic E-state index is -3.94. The molecule has 10 heteroatoms. The third kappa shape index (κ3) is 6.99. The summed E-state index contributed by atoms with van der Waals surface area (Å²) in [5, 5.41) is 2.92. The van der Waals surface area contributed by atoms with E-state index in [-0.39, 0.29) is 29.9 Å². The summed E-state index contributed by atoms with van der Waals surface area (Å²) in [6.45, 7) is 0.1000. The van der Waals surface area contributed by atoms with Crippen LogP contribution in [0.3, 0.4) is 0 Å². The van der Waals surface area contributed by atoms with Gasteiger partial charge in [-0.2, -0.15) is 4.31 Å². The molecule has 8 nitrogen and oxygen atoms in total. The van der Waals surface area contributed by atoms with Gasteiger partial charge in [-0.15, -0.1) is 0 Å². The average molecular weight is 641 g/mol. The number of benzene rings is 3. The standard InChI is InChI=1S/C31H34BrN3O5S/c32-24-15-17-26(18-16-24)41(38,39)35(25-11-5-2-6-12-25)22-30(36)34-21-29(40-28-14-8-7-13-27(28)34)31(37)33-20-19-23-9-3-1-4-10-23/h1,3-4,7-10,13-18,25,29H,2,5-6,11-12,19-22H2,(H,33,37)/t29-/m0/s1. The van der Waals surface area contributed by atoms with Gasteiger partial charge in [0.2, 0.25) is 15.9 Å². The van der Waals surface area contributed by atoms with E-state index < -0.39 is 22.0 Å². The van der Waals surface area contributed by atoms with Gasteiger partial charge < -0.3 is 15.0 Å². The number of hydrogen-bond acceptors (Lipinski definition) is 5. The van der Waals surface area contributed by atoms with E-state index in [1.54, 1.807) is 48.5 Å². The molecule has 1 fully saturated rings. The molecule has 1 aliphatic carbocycles. The SMILES string of the molecule is O=C(NCCc1ccccc1)[C@@H]1CN(C(=O)CN(C2CCCCC2)S(=O)(=O)c2ccc(Br)cc2)c2ccccc2O1.